The van der Waals surface area contributed by atoms with E-state index in [0.29, 0.717) is 23.1 Å². The van der Waals surface area contributed by atoms with Crippen LogP contribution in [0.4, 0.5) is 5.95 Å². The molecule has 3 aliphatic rings. The molecule has 5 rings (SSSR count). The van der Waals surface area contributed by atoms with Gasteiger partial charge in [-0.25, -0.2) is 9.97 Å². The average molecular weight is 443 g/mol. The van der Waals surface area contributed by atoms with Crippen molar-refractivity contribution < 1.29 is 0 Å². The number of aryl methyl sites for hydroxylation is 1. The minimum absolute atomic E-state index is 0.429. The maximum absolute atomic E-state index is 6.52. The van der Waals surface area contributed by atoms with Gasteiger partial charge < -0.3 is 10.6 Å². The molecule has 3 fully saturated rings. The fraction of sp³-hybridized carbons (Fsp3) is 0.708. The first kappa shape index (κ1) is 21.2. The van der Waals surface area contributed by atoms with E-state index in [4.69, 9.17) is 16.6 Å². The summed E-state index contributed by atoms with van der Waals surface area (Å²) in [6, 6.07) is 1.84. The van der Waals surface area contributed by atoms with Gasteiger partial charge in [-0.05, 0) is 63.7 Å². The maximum atomic E-state index is 6.52. The fourth-order valence-electron chi connectivity index (χ4n) is 5.31. The van der Waals surface area contributed by atoms with E-state index in [9.17, 15) is 0 Å². The molecule has 0 bridgehead atoms. The van der Waals surface area contributed by atoms with Crippen molar-refractivity contribution in [2.45, 2.75) is 95.2 Å². The first-order valence-electron chi connectivity index (χ1n) is 12.2. The highest BCUT2D eigenvalue weighted by atomic mass is 35.5. The lowest BCUT2D eigenvalue weighted by atomic mass is 9.88. The predicted molar refractivity (Wildman–Crippen MR) is 125 cm³/mol. The van der Waals surface area contributed by atoms with Crippen molar-refractivity contribution in [2.75, 3.05) is 5.32 Å². The number of halogens is 1. The fourth-order valence-corrected chi connectivity index (χ4v) is 5.51. The van der Waals surface area contributed by atoms with Gasteiger partial charge in [-0.2, -0.15) is 5.10 Å². The number of anilines is 1. The predicted octanol–water partition coefficient (Wildman–Crippen LogP) is 5.13. The highest BCUT2D eigenvalue weighted by Crippen LogP contribution is 2.37. The summed E-state index contributed by atoms with van der Waals surface area (Å²) in [5.41, 5.74) is 3.07. The average Bonchev–Trinajstić information content (AvgIpc) is 3.54. The molecule has 2 aromatic heterocycles. The van der Waals surface area contributed by atoms with E-state index in [1.54, 1.807) is 6.20 Å². The Balaban J connectivity index is 1.21. The summed E-state index contributed by atoms with van der Waals surface area (Å²) in [6.45, 7) is 0. The van der Waals surface area contributed by atoms with E-state index in [-0.39, 0.29) is 0 Å². The zero-order valence-corrected chi connectivity index (χ0v) is 19.4. The third kappa shape index (κ3) is 5.23. The Morgan fingerprint density at radius 2 is 1.65 bits per heavy atom. The van der Waals surface area contributed by atoms with Gasteiger partial charge in [0.1, 0.15) is 0 Å². The van der Waals surface area contributed by atoms with Crippen LogP contribution < -0.4 is 10.6 Å². The van der Waals surface area contributed by atoms with Gasteiger partial charge >= 0.3 is 0 Å². The standard InChI is InChI=1S/C24H35ClN6/c1-31-22(13-16-7-8-16)20(14-27-31)23-21(25)15-26-24(30-23)29-19-11-9-18(10-12-19)28-17-5-3-2-4-6-17/h14-19,28H,2-13H2,1H3,(H,26,29,30)/t18-,19-. The molecule has 0 atom stereocenters. The lowest BCUT2D eigenvalue weighted by Crippen LogP contribution is -2.43. The highest BCUT2D eigenvalue weighted by molar-refractivity contribution is 6.32. The molecule has 3 aliphatic carbocycles. The minimum Gasteiger partial charge on any atom is -0.351 e. The van der Waals surface area contributed by atoms with Crippen LogP contribution in [0, 0.1) is 5.92 Å². The van der Waals surface area contributed by atoms with Crippen LogP contribution in [-0.2, 0) is 13.5 Å². The molecule has 0 amide bonds. The smallest absolute Gasteiger partial charge is 0.223 e. The molecule has 0 radical (unpaired) electrons. The largest absolute Gasteiger partial charge is 0.351 e. The van der Waals surface area contributed by atoms with Crippen molar-refractivity contribution in [1.82, 2.24) is 25.1 Å². The van der Waals surface area contributed by atoms with Crippen LogP contribution in [-0.4, -0.2) is 37.9 Å². The van der Waals surface area contributed by atoms with E-state index in [1.165, 1.54) is 63.5 Å². The highest BCUT2D eigenvalue weighted by Gasteiger charge is 2.27. The quantitative estimate of drug-likeness (QED) is 0.622. The van der Waals surface area contributed by atoms with Crippen LogP contribution >= 0.6 is 11.6 Å². The molecule has 0 unspecified atom stereocenters. The molecular formula is C24H35ClN6. The summed E-state index contributed by atoms with van der Waals surface area (Å²) in [5, 5.41) is 12.6. The Morgan fingerprint density at radius 1 is 0.935 bits per heavy atom. The van der Waals surface area contributed by atoms with E-state index in [2.05, 4.69) is 20.7 Å². The van der Waals surface area contributed by atoms with Crippen molar-refractivity contribution in [3.05, 3.63) is 23.1 Å². The van der Waals surface area contributed by atoms with Gasteiger partial charge in [0.15, 0.2) is 0 Å². The SMILES string of the molecule is Cn1ncc(-c2nc(N[C@H]3CC[C@H](NC4CCCCC4)CC3)ncc2Cl)c1CC1CC1. The Bertz CT molecular complexity index is 878. The van der Waals surface area contributed by atoms with Gasteiger partial charge in [0.05, 0.1) is 23.1 Å². The second-order valence-corrected chi connectivity index (χ2v) is 10.3. The molecule has 2 heterocycles. The third-order valence-electron chi connectivity index (χ3n) is 7.38. The maximum Gasteiger partial charge on any atom is 0.223 e. The van der Waals surface area contributed by atoms with Gasteiger partial charge in [-0.1, -0.05) is 30.9 Å². The lowest BCUT2D eigenvalue weighted by molar-refractivity contribution is 0.283. The van der Waals surface area contributed by atoms with Crippen molar-refractivity contribution in [2.24, 2.45) is 13.0 Å². The number of rotatable bonds is 7. The Hall–Kier alpha value is -1.66. The molecule has 168 valence electrons. The molecular weight excluding hydrogens is 408 g/mol. The Morgan fingerprint density at radius 3 is 2.39 bits per heavy atom. The van der Waals surface area contributed by atoms with Crippen molar-refractivity contribution in [1.29, 1.82) is 0 Å². The third-order valence-corrected chi connectivity index (χ3v) is 7.65. The number of hydrogen-bond donors (Lipinski definition) is 2. The Labute approximate surface area is 190 Å². The molecule has 3 saturated carbocycles. The van der Waals surface area contributed by atoms with Gasteiger partial charge in [-0.3, -0.25) is 4.68 Å². The van der Waals surface area contributed by atoms with Gasteiger partial charge in [0, 0.05) is 36.4 Å². The van der Waals surface area contributed by atoms with Crippen LogP contribution in [0.1, 0.15) is 76.3 Å². The zero-order valence-electron chi connectivity index (χ0n) is 18.6. The van der Waals surface area contributed by atoms with Crippen LogP contribution in [0.2, 0.25) is 5.02 Å². The summed E-state index contributed by atoms with van der Waals surface area (Å²) in [6.07, 6.45) is 19.0. The van der Waals surface area contributed by atoms with Crippen molar-refractivity contribution in [3.8, 4) is 11.3 Å². The molecule has 0 spiro atoms. The van der Waals surface area contributed by atoms with Crippen LogP contribution in [0.25, 0.3) is 11.3 Å². The number of nitrogens with one attached hydrogen (secondary N) is 2. The van der Waals surface area contributed by atoms with Gasteiger partial charge in [0.2, 0.25) is 5.95 Å². The second-order valence-electron chi connectivity index (χ2n) is 9.86. The summed E-state index contributed by atoms with van der Waals surface area (Å²) in [5.74, 6) is 1.47. The molecule has 0 aliphatic heterocycles. The Kier molecular flexibility index (Phi) is 6.46. The van der Waals surface area contributed by atoms with E-state index in [0.717, 1.165) is 42.5 Å². The topological polar surface area (TPSA) is 67.7 Å². The lowest BCUT2D eigenvalue weighted by Gasteiger charge is -2.34. The van der Waals surface area contributed by atoms with Gasteiger partial charge in [-0.15, -0.1) is 0 Å². The van der Waals surface area contributed by atoms with E-state index >= 15 is 0 Å². The molecule has 7 heteroatoms. The molecule has 0 saturated heterocycles. The number of hydrogen-bond acceptors (Lipinski definition) is 5. The van der Waals surface area contributed by atoms with Crippen LogP contribution in [0.15, 0.2) is 12.4 Å². The number of aromatic nitrogens is 4. The summed E-state index contributed by atoms with van der Waals surface area (Å²) >= 11 is 6.52. The molecule has 2 aromatic rings. The zero-order chi connectivity index (χ0) is 21.2. The van der Waals surface area contributed by atoms with Crippen LogP contribution in [0.5, 0.6) is 0 Å². The first-order valence-corrected chi connectivity index (χ1v) is 12.6. The van der Waals surface area contributed by atoms with Crippen LogP contribution in [0.3, 0.4) is 0 Å². The van der Waals surface area contributed by atoms with E-state index < -0.39 is 0 Å². The minimum atomic E-state index is 0.429. The summed E-state index contributed by atoms with van der Waals surface area (Å²) < 4.78 is 1.97. The molecule has 6 nitrogen and oxygen atoms in total. The molecule has 31 heavy (non-hydrogen) atoms. The number of nitrogens with zero attached hydrogens (tertiary/aromatic N) is 4. The summed E-state index contributed by atoms with van der Waals surface area (Å²) in [4.78, 5) is 9.31. The first-order chi connectivity index (χ1) is 15.2. The van der Waals surface area contributed by atoms with Crippen molar-refractivity contribution >= 4 is 17.5 Å². The second kappa shape index (κ2) is 9.45. The summed E-state index contributed by atoms with van der Waals surface area (Å²) in [7, 11) is 2.01. The monoisotopic (exact) mass is 442 g/mol. The normalized spacial score (nSPS) is 25.0. The van der Waals surface area contributed by atoms with E-state index in [1.807, 2.05) is 17.9 Å². The molecule has 2 N–H and O–H groups in total. The molecule has 0 aromatic carbocycles. The van der Waals surface area contributed by atoms with Crippen molar-refractivity contribution in [3.63, 3.8) is 0 Å². The van der Waals surface area contributed by atoms with Gasteiger partial charge in [0.25, 0.3) is 0 Å².